The van der Waals surface area contributed by atoms with Crippen LogP contribution in [0.5, 0.6) is 0 Å². The maximum absolute atomic E-state index is 11.8. The van der Waals surface area contributed by atoms with Crippen LogP contribution in [-0.4, -0.2) is 38.5 Å². The predicted octanol–water partition coefficient (Wildman–Crippen LogP) is 3.18. The number of carbonyl (C=O) groups is 1. The molecule has 136 valence electrons. The van der Waals surface area contributed by atoms with E-state index >= 15 is 0 Å². The maximum Gasteiger partial charge on any atom is 0.244 e. The van der Waals surface area contributed by atoms with Crippen molar-refractivity contribution in [1.29, 1.82) is 0 Å². The van der Waals surface area contributed by atoms with Crippen molar-refractivity contribution in [2.24, 2.45) is 5.92 Å². The van der Waals surface area contributed by atoms with E-state index in [9.17, 15) is 4.79 Å². The third-order valence-electron chi connectivity index (χ3n) is 3.44. The summed E-state index contributed by atoms with van der Waals surface area (Å²) in [6, 6.07) is 0. The van der Waals surface area contributed by atoms with Gasteiger partial charge in [0.25, 0.3) is 0 Å². The molecule has 2 aromatic rings. The second-order valence-electron chi connectivity index (χ2n) is 6.13. The number of thioether (sulfide) groups is 1. The smallest absolute Gasteiger partial charge is 0.244 e. The minimum Gasteiger partial charge on any atom is -0.353 e. The number of amides is 1. The van der Waals surface area contributed by atoms with E-state index in [4.69, 9.17) is 0 Å². The molecule has 0 spiro atoms. The van der Waals surface area contributed by atoms with E-state index in [1.54, 1.807) is 29.2 Å². The molecule has 0 fully saturated rings. The van der Waals surface area contributed by atoms with E-state index in [1.807, 2.05) is 18.6 Å². The van der Waals surface area contributed by atoms with Gasteiger partial charge in [-0.2, -0.15) is 0 Å². The lowest BCUT2D eigenvalue weighted by Crippen LogP contribution is -2.23. The van der Waals surface area contributed by atoms with E-state index in [2.05, 4.69) is 38.9 Å². The Morgan fingerprint density at radius 1 is 1.44 bits per heavy atom. The van der Waals surface area contributed by atoms with Crippen LogP contribution in [0.3, 0.4) is 0 Å². The molecule has 8 heteroatoms. The fraction of sp³-hybridized carbons (Fsp3) is 0.529. The van der Waals surface area contributed by atoms with Gasteiger partial charge in [0, 0.05) is 31.0 Å². The first-order valence-electron chi connectivity index (χ1n) is 8.33. The summed E-state index contributed by atoms with van der Waals surface area (Å²) in [5.41, 5.74) is 0.823. The molecule has 2 heterocycles. The molecule has 0 radical (unpaired) electrons. The molecule has 1 amide bonds. The Morgan fingerprint density at radius 2 is 2.24 bits per heavy atom. The number of nitrogens with zero attached hydrogens (tertiary/aromatic N) is 4. The number of hydrogen-bond donors (Lipinski definition) is 1. The third-order valence-corrected chi connectivity index (χ3v) is 4.90. The first-order chi connectivity index (χ1) is 12.0. The Hall–Kier alpha value is -1.67. The first-order valence-corrected chi connectivity index (χ1v) is 10.4. The molecule has 2 rings (SSSR count). The van der Waals surface area contributed by atoms with Gasteiger partial charge >= 0.3 is 0 Å². The van der Waals surface area contributed by atoms with E-state index in [0.717, 1.165) is 41.1 Å². The van der Waals surface area contributed by atoms with Crippen LogP contribution in [0.25, 0.3) is 6.08 Å². The molecular weight excluding hydrogens is 354 g/mol. The summed E-state index contributed by atoms with van der Waals surface area (Å²) < 4.78 is 2.18. The third kappa shape index (κ3) is 6.28. The highest BCUT2D eigenvalue weighted by atomic mass is 32.2. The van der Waals surface area contributed by atoms with Crippen LogP contribution in [-0.2, 0) is 17.8 Å². The van der Waals surface area contributed by atoms with Crippen molar-refractivity contribution in [3.05, 3.63) is 28.0 Å². The molecule has 0 atom stereocenters. The van der Waals surface area contributed by atoms with Crippen molar-refractivity contribution >= 4 is 35.1 Å². The lowest BCUT2D eigenvalue weighted by atomic mass is 10.2. The van der Waals surface area contributed by atoms with Crippen LogP contribution in [0.15, 0.2) is 16.6 Å². The summed E-state index contributed by atoms with van der Waals surface area (Å²) in [4.78, 5) is 16.1. The molecule has 0 aliphatic heterocycles. The number of aryl methyl sites for hydroxylation is 2. The van der Waals surface area contributed by atoms with Gasteiger partial charge in [0.05, 0.1) is 10.7 Å². The molecule has 25 heavy (non-hydrogen) atoms. The second kappa shape index (κ2) is 9.72. The van der Waals surface area contributed by atoms with E-state index in [-0.39, 0.29) is 5.91 Å². The van der Waals surface area contributed by atoms with Crippen LogP contribution in [0.4, 0.5) is 0 Å². The van der Waals surface area contributed by atoms with Gasteiger partial charge in [0.15, 0.2) is 5.16 Å². The van der Waals surface area contributed by atoms with Crippen LogP contribution in [0.2, 0.25) is 0 Å². The highest BCUT2D eigenvalue weighted by Gasteiger charge is 2.12. The van der Waals surface area contributed by atoms with Crippen LogP contribution in [0, 0.1) is 12.8 Å². The summed E-state index contributed by atoms with van der Waals surface area (Å²) in [7, 11) is 0. The van der Waals surface area contributed by atoms with Gasteiger partial charge in [-0.05, 0) is 31.6 Å². The molecule has 2 aromatic heterocycles. The topological polar surface area (TPSA) is 72.7 Å². The number of aromatic nitrogens is 4. The lowest BCUT2D eigenvalue weighted by Gasteiger charge is -2.11. The average Bonchev–Trinajstić information content (AvgIpc) is 3.15. The van der Waals surface area contributed by atoms with E-state index < -0.39 is 0 Å². The fourth-order valence-corrected chi connectivity index (χ4v) is 3.44. The predicted molar refractivity (Wildman–Crippen MR) is 104 cm³/mol. The van der Waals surface area contributed by atoms with Gasteiger partial charge in [-0.15, -0.1) is 21.5 Å². The minimum absolute atomic E-state index is 0.0981. The lowest BCUT2D eigenvalue weighted by molar-refractivity contribution is -0.116. The zero-order chi connectivity index (χ0) is 18.2. The molecule has 0 saturated carbocycles. The molecule has 0 unspecified atom stereocenters. The summed E-state index contributed by atoms with van der Waals surface area (Å²) in [5.74, 6) is 1.43. The first kappa shape index (κ1) is 19.7. The normalized spacial score (nSPS) is 11.6. The number of hydrogen-bond acceptors (Lipinski definition) is 6. The fourth-order valence-electron chi connectivity index (χ4n) is 2.34. The molecule has 6 nitrogen and oxygen atoms in total. The standard InChI is InChI=1S/C17H25N5OS2/c1-12(2)10-22-15(20-21-17(22)24-4)6-5-9-18-16(23)8-7-14-11-25-13(3)19-14/h7-8,11-12H,5-6,9-10H2,1-4H3,(H,18,23)/b8-7+. The van der Waals surface area contributed by atoms with E-state index in [0.29, 0.717) is 12.5 Å². The zero-order valence-electron chi connectivity index (χ0n) is 15.2. The Bertz CT molecular complexity index is 720. The molecule has 0 bridgehead atoms. The Balaban J connectivity index is 1.78. The van der Waals surface area contributed by atoms with Crippen LogP contribution < -0.4 is 5.32 Å². The summed E-state index contributed by atoms with van der Waals surface area (Å²) in [6.07, 6.45) is 6.92. The van der Waals surface area contributed by atoms with Crippen molar-refractivity contribution < 1.29 is 4.79 Å². The van der Waals surface area contributed by atoms with Gasteiger partial charge in [-0.3, -0.25) is 4.79 Å². The van der Waals surface area contributed by atoms with Gasteiger partial charge < -0.3 is 9.88 Å². The Kier molecular flexibility index (Phi) is 7.64. The summed E-state index contributed by atoms with van der Waals surface area (Å²) in [6.45, 7) is 7.85. The van der Waals surface area contributed by atoms with Crippen LogP contribution in [0.1, 0.15) is 36.8 Å². The van der Waals surface area contributed by atoms with Gasteiger partial charge in [-0.25, -0.2) is 4.98 Å². The van der Waals surface area contributed by atoms with Gasteiger partial charge in [0.1, 0.15) is 5.82 Å². The number of thiazole rings is 1. The van der Waals surface area contributed by atoms with Crippen molar-refractivity contribution in [3.63, 3.8) is 0 Å². The minimum atomic E-state index is -0.0981. The van der Waals surface area contributed by atoms with Gasteiger partial charge in [0.2, 0.25) is 5.91 Å². The largest absolute Gasteiger partial charge is 0.353 e. The number of carbonyl (C=O) groups excluding carboxylic acids is 1. The molecule has 0 aliphatic carbocycles. The van der Waals surface area contributed by atoms with E-state index in [1.165, 1.54) is 6.08 Å². The number of nitrogens with one attached hydrogen (secondary N) is 1. The van der Waals surface area contributed by atoms with Crippen molar-refractivity contribution in [3.8, 4) is 0 Å². The van der Waals surface area contributed by atoms with Crippen molar-refractivity contribution in [2.45, 2.75) is 45.3 Å². The quantitative estimate of drug-likeness (QED) is 0.411. The summed E-state index contributed by atoms with van der Waals surface area (Å²) >= 11 is 3.19. The molecule has 0 saturated heterocycles. The molecule has 1 N–H and O–H groups in total. The highest BCUT2D eigenvalue weighted by molar-refractivity contribution is 7.98. The average molecular weight is 380 g/mol. The summed E-state index contributed by atoms with van der Waals surface area (Å²) in [5, 5.41) is 15.3. The monoisotopic (exact) mass is 379 g/mol. The van der Waals surface area contributed by atoms with Crippen molar-refractivity contribution in [2.75, 3.05) is 12.8 Å². The van der Waals surface area contributed by atoms with Crippen molar-refractivity contribution in [1.82, 2.24) is 25.1 Å². The SMILES string of the molecule is CSc1nnc(CCCNC(=O)/C=C/c2csc(C)n2)n1CC(C)C. The second-order valence-corrected chi connectivity index (χ2v) is 7.96. The molecule has 0 aliphatic rings. The maximum atomic E-state index is 11.8. The molecular formula is C17H25N5OS2. The Morgan fingerprint density at radius 3 is 2.88 bits per heavy atom. The Labute approximate surface area is 157 Å². The zero-order valence-corrected chi connectivity index (χ0v) is 16.8. The molecule has 0 aromatic carbocycles. The highest BCUT2D eigenvalue weighted by Crippen LogP contribution is 2.16. The van der Waals surface area contributed by atoms with Crippen LogP contribution >= 0.6 is 23.1 Å². The van der Waals surface area contributed by atoms with Gasteiger partial charge in [-0.1, -0.05) is 25.6 Å². The number of rotatable bonds is 9.